The molecule has 1 fully saturated rings. The van der Waals surface area contributed by atoms with Crippen LogP contribution >= 0.6 is 0 Å². The summed E-state index contributed by atoms with van der Waals surface area (Å²) in [6.07, 6.45) is 6.21. The Balaban J connectivity index is 1.49. The fourth-order valence-electron chi connectivity index (χ4n) is 3.10. The van der Waals surface area contributed by atoms with Crippen LogP contribution in [0.3, 0.4) is 0 Å². The van der Waals surface area contributed by atoms with Gasteiger partial charge >= 0.3 is 0 Å². The fraction of sp³-hybridized carbons (Fsp3) is 0.450. The van der Waals surface area contributed by atoms with Crippen LogP contribution in [0.2, 0.25) is 0 Å². The van der Waals surface area contributed by atoms with E-state index in [9.17, 15) is 9.59 Å². The van der Waals surface area contributed by atoms with E-state index in [1.54, 1.807) is 23.5 Å². The quantitative estimate of drug-likeness (QED) is 0.875. The van der Waals surface area contributed by atoms with Crippen molar-refractivity contribution >= 4 is 11.8 Å². The van der Waals surface area contributed by atoms with E-state index < -0.39 is 0 Å². The standard InChI is InChI=1S/C20H25N5O2/c1-14(2)18-22-11-16(12-23-18)20(27)25-9-6-15(7-10-25)19(26)24-13-17-5-3-4-8-21-17/h3-5,8,11-12,14-15H,6-7,9-10,13H2,1-2H3,(H,24,26). The van der Waals surface area contributed by atoms with Crippen LogP contribution in [0.1, 0.15) is 54.5 Å². The van der Waals surface area contributed by atoms with E-state index in [-0.39, 0.29) is 23.7 Å². The minimum atomic E-state index is -0.0719. The van der Waals surface area contributed by atoms with Gasteiger partial charge in [-0.05, 0) is 25.0 Å². The number of piperidine rings is 1. The van der Waals surface area contributed by atoms with Gasteiger partial charge in [0.1, 0.15) is 5.82 Å². The van der Waals surface area contributed by atoms with Crippen molar-refractivity contribution < 1.29 is 9.59 Å². The molecule has 2 aromatic rings. The van der Waals surface area contributed by atoms with E-state index >= 15 is 0 Å². The molecular weight excluding hydrogens is 342 g/mol. The average molecular weight is 367 g/mol. The average Bonchev–Trinajstić information content (AvgIpc) is 2.72. The van der Waals surface area contributed by atoms with Crippen molar-refractivity contribution in [3.63, 3.8) is 0 Å². The van der Waals surface area contributed by atoms with E-state index in [1.165, 1.54) is 0 Å². The highest BCUT2D eigenvalue weighted by atomic mass is 16.2. The Bertz CT molecular complexity index is 769. The second-order valence-corrected chi connectivity index (χ2v) is 7.09. The van der Waals surface area contributed by atoms with Crippen LogP contribution in [0, 0.1) is 5.92 Å². The molecule has 0 saturated carbocycles. The second kappa shape index (κ2) is 8.70. The van der Waals surface area contributed by atoms with Crippen LogP contribution in [0.15, 0.2) is 36.8 Å². The van der Waals surface area contributed by atoms with E-state index in [0.29, 0.717) is 38.0 Å². The molecule has 3 heterocycles. The Morgan fingerprint density at radius 3 is 2.44 bits per heavy atom. The minimum absolute atomic E-state index is 0.0253. The van der Waals surface area contributed by atoms with Crippen LogP contribution in [0.4, 0.5) is 0 Å². The number of carbonyl (C=O) groups is 2. The predicted molar refractivity (Wildman–Crippen MR) is 101 cm³/mol. The number of aromatic nitrogens is 3. The lowest BCUT2D eigenvalue weighted by molar-refractivity contribution is -0.126. The van der Waals surface area contributed by atoms with Gasteiger partial charge in [-0.2, -0.15) is 0 Å². The Labute approximate surface area is 159 Å². The van der Waals surface area contributed by atoms with Crippen molar-refractivity contribution in [1.82, 2.24) is 25.2 Å². The van der Waals surface area contributed by atoms with Gasteiger partial charge < -0.3 is 10.2 Å². The Hall–Kier alpha value is -2.83. The number of hydrogen-bond donors (Lipinski definition) is 1. The molecule has 2 amide bonds. The normalized spacial score (nSPS) is 15.0. The highest BCUT2D eigenvalue weighted by Crippen LogP contribution is 2.19. The highest BCUT2D eigenvalue weighted by Gasteiger charge is 2.28. The van der Waals surface area contributed by atoms with Crippen LogP contribution in [-0.2, 0) is 11.3 Å². The largest absolute Gasteiger partial charge is 0.350 e. The van der Waals surface area contributed by atoms with Gasteiger partial charge in [-0.25, -0.2) is 9.97 Å². The lowest BCUT2D eigenvalue weighted by Crippen LogP contribution is -2.43. The molecule has 0 atom stereocenters. The number of rotatable bonds is 5. The summed E-state index contributed by atoms with van der Waals surface area (Å²) < 4.78 is 0. The molecule has 0 aliphatic carbocycles. The molecule has 0 radical (unpaired) electrons. The monoisotopic (exact) mass is 367 g/mol. The number of nitrogens with one attached hydrogen (secondary N) is 1. The van der Waals surface area contributed by atoms with E-state index in [2.05, 4.69) is 20.3 Å². The van der Waals surface area contributed by atoms with Crippen molar-refractivity contribution in [2.45, 2.75) is 39.2 Å². The summed E-state index contributed by atoms with van der Waals surface area (Å²) in [5.41, 5.74) is 1.33. The SMILES string of the molecule is CC(C)c1ncc(C(=O)N2CCC(C(=O)NCc3ccccn3)CC2)cn1. The molecule has 0 spiro atoms. The van der Waals surface area contributed by atoms with Crippen molar-refractivity contribution in [3.05, 3.63) is 53.9 Å². The molecule has 0 bridgehead atoms. The Morgan fingerprint density at radius 1 is 1.15 bits per heavy atom. The van der Waals surface area contributed by atoms with Crippen LogP contribution in [-0.4, -0.2) is 44.8 Å². The summed E-state index contributed by atoms with van der Waals surface area (Å²) in [5.74, 6) is 0.844. The molecule has 0 unspecified atom stereocenters. The van der Waals surface area contributed by atoms with Gasteiger partial charge in [0.2, 0.25) is 5.91 Å². The Morgan fingerprint density at radius 2 is 1.85 bits per heavy atom. The van der Waals surface area contributed by atoms with Gasteiger partial charge in [0.25, 0.3) is 5.91 Å². The summed E-state index contributed by atoms with van der Waals surface area (Å²) in [6.45, 7) is 5.58. The third kappa shape index (κ3) is 4.87. The zero-order valence-corrected chi connectivity index (χ0v) is 15.8. The molecule has 1 saturated heterocycles. The Kier molecular flexibility index (Phi) is 6.11. The van der Waals surface area contributed by atoms with Crippen molar-refractivity contribution in [3.8, 4) is 0 Å². The second-order valence-electron chi connectivity index (χ2n) is 7.09. The molecular formula is C20H25N5O2. The zero-order chi connectivity index (χ0) is 19.2. The number of likely N-dealkylation sites (tertiary alicyclic amines) is 1. The first-order chi connectivity index (χ1) is 13.0. The molecule has 1 aliphatic heterocycles. The van der Waals surface area contributed by atoms with E-state index in [4.69, 9.17) is 0 Å². The molecule has 7 nitrogen and oxygen atoms in total. The lowest BCUT2D eigenvalue weighted by atomic mass is 9.95. The maximum atomic E-state index is 12.6. The van der Waals surface area contributed by atoms with Crippen LogP contribution in [0.25, 0.3) is 0 Å². The molecule has 3 rings (SSSR count). The van der Waals surface area contributed by atoms with Crippen LogP contribution in [0.5, 0.6) is 0 Å². The molecule has 0 aromatic carbocycles. The molecule has 7 heteroatoms. The van der Waals surface area contributed by atoms with Crippen molar-refractivity contribution in [2.24, 2.45) is 5.92 Å². The number of amides is 2. The van der Waals surface area contributed by atoms with Gasteiger partial charge in [0.05, 0.1) is 17.8 Å². The maximum Gasteiger partial charge on any atom is 0.256 e. The third-order valence-corrected chi connectivity index (χ3v) is 4.76. The van der Waals surface area contributed by atoms with Gasteiger partial charge in [0, 0.05) is 43.5 Å². The topological polar surface area (TPSA) is 88.1 Å². The molecule has 27 heavy (non-hydrogen) atoms. The number of carbonyl (C=O) groups excluding carboxylic acids is 2. The van der Waals surface area contributed by atoms with Gasteiger partial charge in [0.15, 0.2) is 0 Å². The summed E-state index contributed by atoms with van der Waals surface area (Å²) in [4.78, 5) is 39.5. The number of pyridine rings is 1. The first kappa shape index (κ1) is 18.9. The highest BCUT2D eigenvalue weighted by molar-refractivity contribution is 5.93. The van der Waals surface area contributed by atoms with Crippen molar-refractivity contribution in [2.75, 3.05) is 13.1 Å². The molecule has 2 aromatic heterocycles. The summed E-state index contributed by atoms with van der Waals surface area (Å²) in [7, 11) is 0. The van der Waals surface area contributed by atoms with Gasteiger partial charge in [-0.15, -0.1) is 0 Å². The first-order valence-electron chi connectivity index (χ1n) is 9.33. The third-order valence-electron chi connectivity index (χ3n) is 4.76. The predicted octanol–water partition coefficient (Wildman–Crippen LogP) is 2.16. The smallest absolute Gasteiger partial charge is 0.256 e. The lowest BCUT2D eigenvalue weighted by Gasteiger charge is -2.31. The summed E-state index contributed by atoms with van der Waals surface area (Å²) >= 11 is 0. The number of hydrogen-bond acceptors (Lipinski definition) is 5. The van der Waals surface area contributed by atoms with Gasteiger partial charge in [-0.3, -0.25) is 14.6 Å². The number of nitrogens with zero attached hydrogens (tertiary/aromatic N) is 4. The van der Waals surface area contributed by atoms with Crippen LogP contribution < -0.4 is 5.32 Å². The fourth-order valence-corrected chi connectivity index (χ4v) is 3.10. The molecule has 1 aliphatic rings. The summed E-state index contributed by atoms with van der Waals surface area (Å²) in [6, 6.07) is 5.63. The van der Waals surface area contributed by atoms with Crippen molar-refractivity contribution in [1.29, 1.82) is 0 Å². The molecule has 142 valence electrons. The molecule has 1 N–H and O–H groups in total. The maximum absolute atomic E-state index is 12.6. The van der Waals surface area contributed by atoms with E-state index in [1.807, 2.05) is 32.0 Å². The zero-order valence-electron chi connectivity index (χ0n) is 15.8. The first-order valence-corrected chi connectivity index (χ1v) is 9.33. The van der Waals surface area contributed by atoms with Gasteiger partial charge in [-0.1, -0.05) is 19.9 Å². The minimum Gasteiger partial charge on any atom is -0.350 e. The van der Waals surface area contributed by atoms with E-state index in [0.717, 1.165) is 11.5 Å². The summed E-state index contributed by atoms with van der Waals surface area (Å²) in [5, 5.41) is 2.94.